The Kier molecular flexibility index (Phi) is 4.43. The number of ketones is 1. The number of pyridine rings is 1. The second-order valence-corrected chi connectivity index (χ2v) is 5.38. The third kappa shape index (κ3) is 3.52. The summed E-state index contributed by atoms with van der Waals surface area (Å²) in [5.41, 5.74) is 2.31. The predicted octanol–water partition coefficient (Wildman–Crippen LogP) is 3.16. The van der Waals surface area contributed by atoms with Gasteiger partial charge in [0.1, 0.15) is 0 Å². The molecule has 1 aromatic heterocycles. The zero-order chi connectivity index (χ0) is 16.9. The van der Waals surface area contributed by atoms with Crippen LogP contribution in [-0.2, 0) is 6.54 Å². The quantitative estimate of drug-likeness (QED) is 0.314. The van der Waals surface area contributed by atoms with Gasteiger partial charge >= 0.3 is 0 Å². The summed E-state index contributed by atoms with van der Waals surface area (Å²) in [5.74, 6) is -0.0157. The molecule has 0 N–H and O–H groups in total. The molecule has 1 heterocycles. The van der Waals surface area contributed by atoms with Crippen LogP contribution in [0, 0.1) is 10.1 Å². The van der Waals surface area contributed by atoms with E-state index in [0.29, 0.717) is 17.7 Å². The van der Waals surface area contributed by atoms with Gasteiger partial charge in [-0.2, -0.15) is 0 Å². The van der Waals surface area contributed by atoms with Crippen LogP contribution in [0.2, 0.25) is 0 Å². The van der Waals surface area contributed by atoms with Gasteiger partial charge in [0.15, 0.2) is 24.7 Å². The molecule has 24 heavy (non-hydrogen) atoms. The molecule has 3 aromatic rings. The zero-order valence-corrected chi connectivity index (χ0v) is 12.8. The Bertz CT molecular complexity index is 857. The molecule has 2 aromatic carbocycles. The Morgan fingerprint density at radius 1 is 0.875 bits per heavy atom. The van der Waals surface area contributed by atoms with Crippen molar-refractivity contribution >= 4 is 11.5 Å². The normalized spacial score (nSPS) is 10.3. The summed E-state index contributed by atoms with van der Waals surface area (Å²) >= 11 is 0. The number of benzene rings is 2. The molecule has 0 atom stereocenters. The largest absolute Gasteiger partial charge is 0.289 e. The van der Waals surface area contributed by atoms with Gasteiger partial charge in [-0.1, -0.05) is 30.3 Å². The monoisotopic (exact) mass is 319 g/mol. The van der Waals surface area contributed by atoms with E-state index < -0.39 is 4.92 Å². The molecule has 0 fully saturated rings. The molecule has 5 nitrogen and oxygen atoms in total. The maximum atomic E-state index is 12.3. The lowest BCUT2D eigenvalue weighted by molar-refractivity contribution is -0.688. The van der Waals surface area contributed by atoms with E-state index in [1.165, 1.54) is 12.1 Å². The van der Waals surface area contributed by atoms with Crippen molar-refractivity contribution in [3.05, 3.63) is 106 Å². The van der Waals surface area contributed by atoms with E-state index in [2.05, 4.69) is 0 Å². The lowest BCUT2D eigenvalue weighted by Crippen LogP contribution is -2.33. The van der Waals surface area contributed by atoms with Crippen LogP contribution in [0.15, 0.2) is 79.1 Å². The van der Waals surface area contributed by atoms with Crippen molar-refractivity contribution in [2.24, 2.45) is 0 Å². The van der Waals surface area contributed by atoms with Gasteiger partial charge in [0.25, 0.3) is 5.69 Å². The minimum atomic E-state index is -0.416. The minimum absolute atomic E-state index is 0.0157. The highest BCUT2D eigenvalue weighted by Crippen LogP contribution is 2.12. The first-order valence-corrected chi connectivity index (χ1v) is 7.46. The maximum absolute atomic E-state index is 12.3. The van der Waals surface area contributed by atoms with E-state index in [9.17, 15) is 14.9 Å². The Morgan fingerprint density at radius 3 is 2.04 bits per heavy atom. The van der Waals surface area contributed by atoms with Gasteiger partial charge in [0.05, 0.1) is 4.92 Å². The molecule has 0 aliphatic carbocycles. The number of nitrogens with zero attached hydrogens (tertiary/aromatic N) is 2. The minimum Gasteiger partial charge on any atom is -0.289 e. The molecule has 118 valence electrons. The summed E-state index contributed by atoms with van der Waals surface area (Å²) in [7, 11) is 0. The topological polar surface area (TPSA) is 64.1 Å². The number of aromatic nitrogens is 1. The Balaban J connectivity index is 1.72. The van der Waals surface area contributed by atoms with Crippen LogP contribution >= 0.6 is 0 Å². The third-order valence-electron chi connectivity index (χ3n) is 3.70. The Labute approximate surface area is 139 Å². The second kappa shape index (κ2) is 6.83. The first-order valence-electron chi connectivity index (χ1n) is 7.46. The fourth-order valence-electron chi connectivity index (χ4n) is 2.40. The fourth-order valence-corrected chi connectivity index (χ4v) is 2.40. The summed E-state index contributed by atoms with van der Waals surface area (Å²) in [4.78, 5) is 22.6. The van der Waals surface area contributed by atoms with Gasteiger partial charge in [-0.15, -0.1) is 0 Å². The van der Waals surface area contributed by atoms with Crippen LogP contribution in [0.5, 0.6) is 0 Å². The second-order valence-electron chi connectivity index (χ2n) is 5.38. The number of nitro benzene ring substituents is 1. The average Bonchev–Trinajstić information content (AvgIpc) is 2.63. The van der Waals surface area contributed by atoms with E-state index >= 15 is 0 Å². The van der Waals surface area contributed by atoms with E-state index in [-0.39, 0.29) is 11.5 Å². The van der Waals surface area contributed by atoms with Crippen molar-refractivity contribution in [2.45, 2.75) is 6.54 Å². The third-order valence-corrected chi connectivity index (χ3v) is 3.70. The summed E-state index contributed by atoms with van der Waals surface area (Å²) in [6.07, 6.45) is 3.66. The van der Waals surface area contributed by atoms with E-state index in [1.807, 2.05) is 35.2 Å². The molecular formula is C19H15N2O3+. The van der Waals surface area contributed by atoms with Gasteiger partial charge in [-0.3, -0.25) is 14.9 Å². The molecule has 0 aliphatic heterocycles. The molecule has 5 heteroatoms. The van der Waals surface area contributed by atoms with Crippen LogP contribution in [0.3, 0.4) is 0 Å². The molecule has 0 radical (unpaired) electrons. The first kappa shape index (κ1) is 15.6. The molecular weight excluding hydrogens is 304 g/mol. The van der Waals surface area contributed by atoms with Crippen LogP contribution in [-0.4, -0.2) is 10.7 Å². The fraction of sp³-hybridized carbons (Fsp3) is 0.0526. The molecule has 3 rings (SSSR count). The summed E-state index contributed by atoms with van der Waals surface area (Å²) in [6.45, 7) is 0.581. The van der Waals surface area contributed by atoms with E-state index in [1.54, 1.807) is 36.4 Å². The molecule has 0 saturated carbocycles. The number of hydrogen-bond acceptors (Lipinski definition) is 3. The molecule has 0 unspecified atom stereocenters. The Morgan fingerprint density at radius 2 is 1.46 bits per heavy atom. The standard InChI is InChI=1S/C19H15N2O3/c22-19(16-4-2-1-3-5-16)17-10-12-20(13-11-17)14-15-6-8-18(9-7-15)21(23)24/h1-13H,14H2/q+1. The SMILES string of the molecule is O=C(c1ccccc1)c1cc[n+](Cc2ccc([N+](=O)[O-])cc2)cc1. The summed E-state index contributed by atoms with van der Waals surface area (Å²) in [5, 5.41) is 10.7. The van der Waals surface area contributed by atoms with Crippen LogP contribution in [0.25, 0.3) is 0 Å². The van der Waals surface area contributed by atoms with Crippen molar-refractivity contribution in [3.63, 3.8) is 0 Å². The number of rotatable bonds is 5. The average molecular weight is 319 g/mol. The highest BCUT2D eigenvalue weighted by Gasteiger charge is 2.11. The van der Waals surface area contributed by atoms with Crippen LogP contribution in [0.1, 0.15) is 21.5 Å². The van der Waals surface area contributed by atoms with Crippen molar-refractivity contribution in [1.82, 2.24) is 0 Å². The lowest BCUT2D eigenvalue weighted by atomic mass is 10.0. The van der Waals surface area contributed by atoms with Gasteiger partial charge < -0.3 is 0 Å². The number of carbonyl (C=O) groups excluding carboxylic acids is 1. The van der Waals surface area contributed by atoms with Crippen molar-refractivity contribution < 1.29 is 14.3 Å². The van der Waals surface area contributed by atoms with Crippen molar-refractivity contribution in [1.29, 1.82) is 0 Å². The number of nitro groups is 1. The number of non-ortho nitro benzene ring substituents is 1. The highest BCUT2D eigenvalue weighted by atomic mass is 16.6. The van der Waals surface area contributed by atoms with Gasteiger partial charge in [0.2, 0.25) is 0 Å². The lowest BCUT2D eigenvalue weighted by Gasteiger charge is -2.01. The first-order chi connectivity index (χ1) is 11.6. The van der Waals surface area contributed by atoms with Gasteiger partial charge in [-0.25, -0.2) is 4.57 Å². The van der Waals surface area contributed by atoms with E-state index in [4.69, 9.17) is 0 Å². The molecule has 0 spiro atoms. The Hall–Kier alpha value is -3.34. The zero-order valence-electron chi connectivity index (χ0n) is 12.8. The van der Waals surface area contributed by atoms with Crippen molar-refractivity contribution in [2.75, 3.05) is 0 Å². The molecule has 0 saturated heterocycles. The van der Waals surface area contributed by atoms with Crippen LogP contribution < -0.4 is 4.57 Å². The van der Waals surface area contributed by atoms with Gasteiger partial charge in [-0.05, 0) is 12.1 Å². The molecule has 0 aliphatic rings. The van der Waals surface area contributed by atoms with Crippen LogP contribution in [0.4, 0.5) is 5.69 Å². The van der Waals surface area contributed by atoms with Crippen molar-refractivity contribution in [3.8, 4) is 0 Å². The highest BCUT2D eigenvalue weighted by molar-refractivity contribution is 6.08. The molecule has 0 bridgehead atoms. The number of carbonyl (C=O) groups is 1. The summed E-state index contributed by atoms with van der Waals surface area (Å²) < 4.78 is 1.92. The number of hydrogen-bond donors (Lipinski definition) is 0. The molecule has 0 amide bonds. The smallest absolute Gasteiger partial charge is 0.269 e. The van der Waals surface area contributed by atoms with Gasteiger partial charge in [0, 0.05) is 41.0 Å². The predicted molar refractivity (Wildman–Crippen MR) is 88.7 cm³/mol. The summed E-state index contributed by atoms with van der Waals surface area (Å²) in [6, 6.07) is 19.1. The van der Waals surface area contributed by atoms with E-state index in [0.717, 1.165) is 5.56 Å². The maximum Gasteiger partial charge on any atom is 0.269 e.